The Balaban J connectivity index is 1.71. The number of urea groups is 1. The van der Waals surface area contributed by atoms with Crippen LogP contribution in [0.2, 0.25) is 0 Å². The second kappa shape index (κ2) is 8.78. The number of aliphatic carboxylic acids is 1. The molecule has 1 saturated heterocycles. The predicted molar refractivity (Wildman–Crippen MR) is 108 cm³/mol. The molecule has 1 heterocycles. The molecule has 0 unspecified atom stereocenters. The van der Waals surface area contributed by atoms with Gasteiger partial charge < -0.3 is 20.3 Å². The standard InChI is InChI=1S/C20H15BrN2O7/c21-14-7-11(8-15-18(26)23(9-17(24)25)20(29)22-15)4-5-16(14)30-10-12-2-1-3-13(6-12)19(27)28/h1-8H,9-10H2,(H,22,29)(H,24,25)(H,27,28)/b15-8+. The molecule has 1 aliphatic heterocycles. The first-order valence-electron chi connectivity index (χ1n) is 8.55. The molecule has 0 bridgehead atoms. The number of rotatable bonds is 7. The van der Waals surface area contributed by atoms with E-state index in [0.717, 1.165) is 0 Å². The van der Waals surface area contributed by atoms with Gasteiger partial charge in [0.15, 0.2) is 0 Å². The van der Waals surface area contributed by atoms with E-state index in [-0.39, 0.29) is 17.9 Å². The largest absolute Gasteiger partial charge is 0.488 e. The lowest BCUT2D eigenvalue weighted by atomic mass is 10.1. The fourth-order valence-corrected chi connectivity index (χ4v) is 3.21. The third-order valence-electron chi connectivity index (χ3n) is 4.09. The molecule has 0 radical (unpaired) electrons. The lowest BCUT2D eigenvalue weighted by Crippen LogP contribution is -2.35. The predicted octanol–water partition coefficient (Wildman–Crippen LogP) is 2.70. The molecule has 0 aliphatic carbocycles. The molecule has 3 rings (SSSR count). The maximum absolute atomic E-state index is 12.2. The number of nitrogens with one attached hydrogen (secondary N) is 1. The molecule has 9 nitrogen and oxygen atoms in total. The van der Waals surface area contributed by atoms with E-state index in [9.17, 15) is 19.2 Å². The van der Waals surface area contributed by atoms with Crippen molar-refractivity contribution < 1.29 is 34.1 Å². The van der Waals surface area contributed by atoms with Crippen molar-refractivity contribution in [2.75, 3.05) is 6.54 Å². The van der Waals surface area contributed by atoms with Crippen molar-refractivity contribution in [2.45, 2.75) is 6.61 Å². The lowest BCUT2D eigenvalue weighted by molar-refractivity contribution is -0.140. The van der Waals surface area contributed by atoms with Crippen LogP contribution in [-0.2, 0) is 16.2 Å². The van der Waals surface area contributed by atoms with Crippen LogP contribution in [0.1, 0.15) is 21.5 Å². The number of carboxylic acids is 2. The van der Waals surface area contributed by atoms with Gasteiger partial charge in [0.25, 0.3) is 5.91 Å². The van der Waals surface area contributed by atoms with Gasteiger partial charge in [-0.15, -0.1) is 0 Å². The van der Waals surface area contributed by atoms with Crippen LogP contribution in [0.3, 0.4) is 0 Å². The zero-order chi connectivity index (χ0) is 21.8. The summed E-state index contributed by atoms with van der Waals surface area (Å²) in [6, 6.07) is 10.6. The minimum absolute atomic E-state index is 0.0349. The summed E-state index contributed by atoms with van der Waals surface area (Å²) in [5, 5.41) is 20.2. The summed E-state index contributed by atoms with van der Waals surface area (Å²) in [6.45, 7) is -0.569. The number of hydrogen-bond acceptors (Lipinski definition) is 5. The van der Waals surface area contributed by atoms with Gasteiger partial charge in [-0.3, -0.25) is 9.59 Å². The molecule has 10 heteroatoms. The molecule has 3 N–H and O–H groups in total. The lowest BCUT2D eigenvalue weighted by Gasteiger charge is -2.10. The number of nitrogens with zero attached hydrogens (tertiary/aromatic N) is 1. The van der Waals surface area contributed by atoms with Crippen molar-refractivity contribution in [3.8, 4) is 5.75 Å². The molecular formula is C20H15BrN2O7. The zero-order valence-corrected chi connectivity index (χ0v) is 16.9. The fourth-order valence-electron chi connectivity index (χ4n) is 2.70. The summed E-state index contributed by atoms with van der Waals surface area (Å²) in [7, 11) is 0. The van der Waals surface area contributed by atoms with Crippen LogP contribution < -0.4 is 10.1 Å². The third-order valence-corrected chi connectivity index (χ3v) is 4.71. The summed E-state index contributed by atoms with van der Waals surface area (Å²) in [4.78, 5) is 46.3. The smallest absolute Gasteiger partial charge is 0.335 e. The summed E-state index contributed by atoms with van der Waals surface area (Å²) in [6.07, 6.45) is 1.42. The Morgan fingerprint density at radius 3 is 2.57 bits per heavy atom. The second-order valence-electron chi connectivity index (χ2n) is 6.26. The van der Waals surface area contributed by atoms with Crippen LogP contribution in [0.4, 0.5) is 4.79 Å². The highest BCUT2D eigenvalue weighted by atomic mass is 79.9. The van der Waals surface area contributed by atoms with Gasteiger partial charge in [-0.2, -0.15) is 0 Å². The van der Waals surface area contributed by atoms with E-state index in [4.69, 9.17) is 14.9 Å². The number of carbonyl (C=O) groups excluding carboxylic acids is 2. The van der Waals surface area contributed by atoms with Gasteiger partial charge in [-0.25, -0.2) is 14.5 Å². The van der Waals surface area contributed by atoms with E-state index in [2.05, 4.69) is 21.2 Å². The average Bonchev–Trinajstić information content (AvgIpc) is 2.94. The van der Waals surface area contributed by atoms with Crippen molar-refractivity contribution in [3.63, 3.8) is 0 Å². The molecule has 1 aliphatic rings. The highest BCUT2D eigenvalue weighted by molar-refractivity contribution is 9.10. The average molecular weight is 475 g/mol. The molecule has 0 saturated carbocycles. The van der Waals surface area contributed by atoms with Gasteiger partial charge in [0.1, 0.15) is 24.6 Å². The van der Waals surface area contributed by atoms with Crippen LogP contribution in [-0.4, -0.2) is 45.5 Å². The van der Waals surface area contributed by atoms with E-state index in [1.807, 2.05) is 0 Å². The normalized spacial score (nSPS) is 14.7. The Morgan fingerprint density at radius 1 is 1.13 bits per heavy atom. The SMILES string of the molecule is O=C(O)CN1C(=O)N/C(=C/c2ccc(OCc3cccc(C(=O)O)c3)c(Br)c2)C1=O. The van der Waals surface area contributed by atoms with E-state index >= 15 is 0 Å². The molecule has 1 fully saturated rings. The number of halogens is 1. The minimum atomic E-state index is -1.29. The monoisotopic (exact) mass is 474 g/mol. The van der Waals surface area contributed by atoms with Crippen LogP contribution in [0, 0.1) is 0 Å². The summed E-state index contributed by atoms with van der Waals surface area (Å²) in [5.41, 5.74) is 1.39. The molecular weight excluding hydrogens is 460 g/mol. The van der Waals surface area contributed by atoms with E-state index < -0.39 is 30.4 Å². The van der Waals surface area contributed by atoms with Gasteiger partial charge in [0.2, 0.25) is 0 Å². The Morgan fingerprint density at radius 2 is 1.90 bits per heavy atom. The van der Waals surface area contributed by atoms with Gasteiger partial charge >= 0.3 is 18.0 Å². The highest BCUT2D eigenvalue weighted by Crippen LogP contribution is 2.28. The van der Waals surface area contributed by atoms with E-state index in [0.29, 0.717) is 26.2 Å². The Kier molecular flexibility index (Phi) is 6.17. The Labute approximate surface area is 178 Å². The quantitative estimate of drug-likeness (QED) is 0.414. The number of carboxylic acid groups (broad SMARTS) is 2. The fraction of sp³-hybridized carbons (Fsp3) is 0.100. The van der Waals surface area contributed by atoms with Crippen molar-refractivity contribution >= 4 is 45.9 Å². The zero-order valence-electron chi connectivity index (χ0n) is 15.3. The van der Waals surface area contributed by atoms with Crippen LogP contribution in [0.15, 0.2) is 52.6 Å². The number of imide groups is 1. The molecule has 154 valence electrons. The van der Waals surface area contributed by atoms with Crippen LogP contribution >= 0.6 is 15.9 Å². The maximum atomic E-state index is 12.2. The van der Waals surface area contributed by atoms with Crippen molar-refractivity contribution in [2.24, 2.45) is 0 Å². The summed E-state index contributed by atoms with van der Waals surface area (Å²) in [5.74, 6) is -2.55. The molecule has 3 amide bonds. The summed E-state index contributed by atoms with van der Waals surface area (Å²) < 4.78 is 6.29. The van der Waals surface area contributed by atoms with Crippen molar-refractivity contribution in [3.05, 3.63) is 69.3 Å². The topological polar surface area (TPSA) is 133 Å². The molecule has 0 atom stereocenters. The molecule has 0 spiro atoms. The van der Waals surface area contributed by atoms with Crippen molar-refractivity contribution in [1.82, 2.24) is 10.2 Å². The van der Waals surface area contributed by atoms with Gasteiger partial charge in [-0.1, -0.05) is 18.2 Å². The van der Waals surface area contributed by atoms with Crippen molar-refractivity contribution in [1.29, 1.82) is 0 Å². The molecule has 2 aromatic rings. The number of hydrogen-bond donors (Lipinski definition) is 3. The number of amides is 3. The second-order valence-corrected chi connectivity index (χ2v) is 7.11. The first-order chi connectivity index (χ1) is 14.2. The van der Waals surface area contributed by atoms with Crippen LogP contribution in [0.25, 0.3) is 6.08 Å². The molecule has 30 heavy (non-hydrogen) atoms. The minimum Gasteiger partial charge on any atom is -0.488 e. The maximum Gasteiger partial charge on any atom is 0.335 e. The summed E-state index contributed by atoms with van der Waals surface area (Å²) >= 11 is 3.37. The first-order valence-corrected chi connectivity index (χ1v) is 9.35. The Hall–Kier alpha value is -3.66. The van der Waals surface area contributed by atoms with Gasteiger partial charge in [0.05, 0.1) is 10.0 Å². The number of carbonyl (C=O) groups is 4. The number of benzene rings is 2. The van der Waals surface area contributed by atoms with E-state index in [1.54, 1.807) is 30.3 Å². The molecule has 2 aromatic carbocycles. The van der Waals surface area contributed by atoms with Gasteiger partial charge in [-0.05, 0) is 57.4 Å². The molecule has 0 aromatic heterocycles. The van der Waals surface area contributed by atoms with E-state index in [1.165, 1.54) is 18.2 Å². The number of ether oxygens (including phenoxy) is 1. The first kappa shape index (κ1) is 21.1. The number of aromatic carboxylic acids is 1. The Bertz CT molecular complexity index is 1080. The highest BCUT2D eigenvalue weighted by Gasteiger charge is 2.34. The van der Waals surface area contributed by atoms with Crippen LogP contribution in [0.5, 0.6) is 5.75 Å². The third kappa shape index (κ3) is 4.84. The van der Waals surface area contributed by atoms with Gasteiger partial charge in [0, 0.05) is 0 Å².